The molecule has 0 spiro atoms. The second kappa shape index (κ2) is 6.10. The maximum Gasteiger partial charge on any atom is 0.252 e. The first-order valence-corrected chi connectivity index (χ1v) is 5.43. The Balaban J connectivity index is 2.52. The van der Waals surface area contributed by atoms with Gasteiger partial charge < -0.3 is 16.2 Å². The number of carbonyl (C=O) groups excluding carboxylic acids is 2. The number of phenols is 1. The number of benzene rings is 1. The van der Waals surface area contributed by atoms with E-state index in [0.717, 1.165) is 0 Å². The van der Waals surface area contributed by atoms with Crippen LogP contribution in [0, 0.1) is 0 Å². The van der Waals surface area contributed by atoms with Crippen LogP contribution >= 0.6 is 11.6 Å². The molecule has 0 bridgehead atoms. The number of carbonyl (C=O) groups is 2. The number of primary amides is 1. The predicted octanol–water partition coefficient (Wildman–Crippen LogP) is 1.04. The maximum atomic E-state index is 11.6. The monoisotopic (exact) mass is 256 g/mol. The van der Waals surface area contributed by atoms with Gasteiger partial charge in [0.15, 0.2) is 0 Å². The number of phenolic OH excluding ortho intramolecular Hbond substituents is 1. The Morgan fingerprint density at radius 2 is 2.12 bits per heavy atom. The smallest absolute Gasteiger partial charge is 0.252 e. The van der Waals surface area contributed by atoms with Crippen molar-refractivity contribution in [2.24, 2.45) is 5.73 Å². The molecule has 0 aliphatic rings. The van der Waals surface area contributed by atoms with Gasteiger partial charge in [-0.1, -0.05) is 11.6 Å². The van der Waals surface area contributed by atoms with Gasteiger partial charge in [0, 0.05) is 13.0 Å². The molecule has 92 valence electrons. The molecule has 0 aromatic heterocycles. The van der Waals surface area contributed by atoms with Crippen LogP contribution < -0.4 is 11.1 Å². The minimum absolute atomic E-state index is 0.0308. The zero-order valence-corrected chi connectivity index (χ0v) is 9.83. The number of hydrogen-bond acceptors (Lipinski definition) is 3. The van der Waals surface area contributed by atoms with Crippen molar-refractivity contribution in [1.29, 1.82) is 0 Å². The molecule has 6 heteroatoms. The van der Waals surface area contributed by atoms with Crippen molar-refractivity contribution in [2.45, 2.75) is 12.8 Å². The standard InChI is InChI=1S/C11H13ClN2O3/c12-9-4-3-7(15)6-8(9)11(17)14-5-1-2-10(13)16/h3-4,6,15H,1-2,5H2,(H2,13,16)(H,14,17). The van der Waals surface area contributed by atoms with Crippen molar-refractivity contribution in [2.75, 3.05) is 6.54 Å². The van der Waals surface area contributed by atoms with E-state index in [9.17, 15) is 14.7 Å². The summed E-state index contributed by atoms with van der Waals surface area (Å²) in [5.74, 6) is -0.832. The summed E-state index contributed by atoms with van der Waals surface area (Å²) in [5, 5.41) is 12.1. The molecule has 0 aliphatic heterocycles. The topological polar surface area (TPSA) is 92.4 Å². The number of amides is 2. The summed E-state index contributed by atoms with van der Waals surface area (Å²) in [7, 11) is 0. The lowest BCUT2D eigenvalue weighted by atomic mass is 10.2. The Kier molecular flexibility index (Phi) is 4.78. The average molecular weight is 257 g/mol. The Bertz CT molecular complexity index is 435. The van der Waals surface area contributed by atoms with Crippen molar-refractivity contribution in [1.82, 2.24) is 5.32 Å². The normalized spacial score (nSPS) is 9.94. The summed E-state index contributed by atoms with van der Waals surface area (Å²) >= 11 is 5.81. The molecule has 0 saturated heterocycles. The minimum Gasteiger partial charge on any atom is -0.508 e. The Morgan fingerprint density at radius 3 is 2.76 bits per heavy atom. The summed E-state index contributed by atoms with van der Waals surface area (Å²) in [4.78, 5) is 22.1. The molecule has 0 unspecified atom stereocenters. The van der Waals surface area contributed by atoms with Crippen molar-refractivity contribution < 1.29 is 14.7 Å². The number of aromatic hydroxyl groups is 1. The highest BCUT2D eigenvalue weighted by atomic mass is 35.5. The van der Waals surface area contributed by atoms with Crippen LogP contribution in [0.1, 0.15) is 23.2 Å². The molecule has 0 heterocycles. The van der Waals surface area contributed by atoms with E-state index in [-0.39, 0.29) is 22.8 Å². The first kappa shape index (κ1) is 13.3. The predicted molar refractivity (Wildman–Crippen MR) is 63.9 cm³/mol. The first-order valence-electron chi connectivity index (χ1n) is 5.05. The van der Waals surface area contributed by atoms with E-state index in [0.29, 0.717) is 13.0 Å². The highest BCUT2D eigenvalue weighted by molar-refractivity contribution is 6.33. The SMILES string of the molecule is NC(=O)CCCNC(=O)c1cc(O)ccc1Cl. The fourth-order valence-electron chi connectivity index (χ4n) is 1.25. The van der Waals surface area contributed by atoms with Gasteiger partial charge in [0.25, 0.3) is 5.91 Å². The van der Waals surface area contributed by atoms with Gasteiger partial charge in [-0.25, -0.2) is 0 Å². The minimum atomic E-state index is -0.408. The molecule has 17 heavy (non-hydrogen) atoms. The van der Waals surface area contributed by atoms with Crippen LogP contribution in [0.2, 0.25) is 5.02 Å². The maximum absolute atomic E-state index is 11.6. The van der Waals surface area contributed by atoms with Gasteiger partial charge in [-0.3, -0.25) is 9.59 Å². The molecule has 2 amide bonds. The van der Waals surface area contributed by atoms with Crippen LogP contribution in [-0.2, 0) is 4.79 Å². The summed E-state index contributed by atoms with van der Waals surface area (Å²) in [6.07, 6.45) is 0.686. The molecule has 0 atom stereocenters. The zero-order chi connectivity index (χ0) is 12.8. The molecule has 0 aliphatic carbocycles. The van der Waals surface area contributed by atoms with Gasteiger partial charge >= 0.3 is 0 Å². The van der Waals surface area contributed by atoms with Gasteiger partial charge in [-0.05, 0) is 24.6 Å². The van der Waals surface area contributed by atoms with Gasteiger partial charge in [-0.2, -0.15) is 0 Å². The Labute approximate surface area is 104 Å². The van der Waals surface area contributed by atoms with E-state index in [1.54, 1.807) is 0 Å². The van der Waals surface area contributed by atoms with Crippen molar-refractivity contribution >= 4 is 23.4 Å². The second-order valence-electron chi connectivity index (χ2n) is 3.49. The molecule has 0 fully saturated rings. The van der Waals surface area contributed by atoms with Crippen LogP contribution in [0.15, 0.2) is 18.2 Å². The van der Waals surface area contributed by atoms with Crippen LogP contribution in [0.4, 0.5) is 0 Å². The van der Waals surface area contributed by atoms with Crippen molar-refractivity contribution in [3.63, 3.8) is 0 Å². The van der Waals surface area contributed by atoms with E-state index in [2.05, 4.69) is 5.32 Å². The quantitative estimate of drug-likeness (QED) is 0.687. The summed E-state index contributed by atoms with van der Waals surface area (Å²) < 4.78 is 0. The van der Waals surface area contributed by atoms with Gasteiger partial charge in [0.1, 0.15) is 5.75 Å². The fraction of sp³-hybridized carbons (Fsp3) is 0.273. The molecule has 1 aromatic carbocycles. The van der Waals surface area contributed by atoms with Crippen LogP contribution in [0.5, 0.6) is 5.75 Å². The summed E-state index contributed by atoms with van der Waals surface area (Å²) in [5.41, 5.74) is 5.16. The third kappa shape index (κ3) is 4.32. The fourth-order valence-corrected chi connectivity index (χ4v) is 1.45. The number of hydrogen-bond donors (Lipinski definition) is 3. The highest BCUT2D eigenvalue weighted by Gasteiger charge is 2.10. The Hall–Kier alpha value is -1.75. The molecule has 0 saturated carbocycles. The Morgan fingerprint density at radius 1 is 1.41 bits per heavy atom. The molecule has 1 aromatic rings. The van der Waals surface area contributed by atoms with E-state index in [1.165, 1.54) is 18.2 Å². The summed E-state index contributed by atoms with van der Waals surface area (Å²) in [6, 6.07) is 4.12. The summed E-state index contributed by atoms with van der Waals surface area (Å²) in [6.45, 7) is 0.327. The third-order valence-electron chi connectivity index (χ3n) is 2.08. The molecular formula is C11H13ClN2O3. The van der Waals surface area contributed by atoms with E-state index < -0.39 is 11.8 Å². The van der Waals surface area contributed by atoms with Crippen LogP contribution in [0.3, 0.4) is 0 Å². The number of nitrogens with one attached hydrogen (secondary N) is 1. The van der Waals surface area contributed by atoms with E-state index in [1.807, 2.05) is 0 Å². The molecule has 5 nitrogen and oxygen atoms in total. The molecular weight excluding hydrogens is 244 g/mol. The number of halogens is 1. The third-order valence-corrected chi connectivity index (χ3v) is 2.41. The van der Waals surface area contributed by atoms with Gasteiger partial charge in [0.05, 0.1) is 10.6 Å². The van der Waals surface area contributed by atoms with Crippen molar-refractivity contribution in [3.8, 4) is 5.75 Å². The van der Waals surface area contributed by atoms with E-state index in [4.69, 9.17) is 17.3 Å². The zero-order valence-electron chi connectivity index (χ0n) is 9.07. The number of rotatable bonds is 5. The second-order valence-corrected chi connectivity index (χ2v) is 3.90. The van der Waals surface area contributed by atoms with E-state index >= 15 is 0 Å². The van der Waals surface area contributed by atoms with Gasteiger partial charge in [-0.15, -0.1) is 0 Å². The molecule has 1 rings (SSSR count). The highest BCUT2D eigenvalue weighted by Crippen LogP contribution is 2.20. The van der Waals surface area contributed by atoms with Crippen LogP contribution in [0.25, 0.3) is 0 Å². The average Bonchev–Trinajstić information content (AvgIpc) is 2.27. The van der Waals surface area contributed by atoms with Gasteiger partial charge in [0.2, 0.25) is 5.91 Å². The van der Waals surface area contributed by atoms with Crippen LogP contribution in [-0.4, -0.2) is 23.5 Å². The largest absolute Gasteiger partial charge is 0.508 e. The lowest BCUT2D eigenvalue weighted by molar-refractivity contribution is -0.118. The van der Waals surface area contributed by atoms with Crippen molar-refractivity contribution in [3.05, 3.63) is 28.8 Å². The molecule has 4 N–H and O–H groups in total. The first-order chi connectivity index (χ1) is 8.00. The lowest BCUT2D eigenvalue weighted by Crippen LogP contribution is -2.25. The number of nitrogens with two attached hydrogens (primary N) is 1. The lowest BCUT2D eigenvalue weighted by Gasteiger charge is -2.06. The molecule has 0 radical (unpaired) electrons.